The SMILES string of the molecule is Cc1ccc(-c2csc(NC(=O)C3CCNCC3)n2)cc1C.Cl. The molecule has 3 rings (SSSR count). The first-order chi connectivity index (χ1) is 10.6. The van der Waals surface area contributed by atoms with Crippen molar-refractivity contribution in [1.82, 2.24) is 10.3 Å². The molecule has 6 heteroatoms. The summed E-state index contributed by atoms with van der Waals surface area (Å²) in [7, 11) is 0. The molecule has 0 aliphatic carbocycles. The van der Waals surface area contributed by atoms with Gasteiger partial charge in [-0.25, -0.2) is 4.98 Å². The molecule has 1 amide bonds. The number of halogens is 1. The van der Waals surface area contributed by atoms with Gasteiger partial charge < -0.3 is 10.6 Å². The average molecular weight is 352 g/mol. The van der Waals surface area contributed by atoms with Gasteiger partial charge in [-0.1, -0.05) is 12.1 Å². The number of aromatic nitrogens is 1. The smallest absolute Gasteiger partial charge is 0.229 e. The Hall–Kier alpha value is -1.43. The molecule has 0 radical (unpaired) electrons. The number of thiazole rings is 1. The van der Waals surface area contributed by atoms with Crippen LogP contribution < -0.4 is 10.6 Å². The van der Waals surface area contributed by atoms with Crippen LogP contribution >= 0.6 is 23.7 Å². The number of piperidine rings is 1. The van der Waals surface area contributed by atoms with E-state index in [1.807, 2.05) is 5.38 Å². The molecule has 0 unspecified atom stereocenters. The van der Waals surface area contributed by atoms with Crippen LogP contribution in [-0.4, -0.2) is 24.0 Å². The van der Waals surface area contributed by atoms with E-state index in [-0.39, 0.29) is 24.2 Å². The first-order valence-corrected chi connectivity index (χ1v) is 8.56. The lowest BCUT2D eigenvalue weighted by Crippen LogP contribution is -2.34. The highest BCUT2D eigenvalue weighted by atomic mass is 35.5. The fourth-order valence-corrected chi connectivity index (χ4v) is 3.38. The van der Waals surface area contributed by atoms with E-state index in [1.54, 1.807) is 0 Å². The molecular formula is C17H22ClN3OS. The van der Waals surface area contributed by atoms with E-state index in [1.165, 1.54) is 22.5 Å². The van der Waals surface area contributed by atoms with Gasteiger partial charge in [0.1, 0.15) is 0 Å². The van der Waals surface area contributed by atoms with E-state index in [9.17, 15) is 4.79 Å². The summed E-state index contributed by atoms with van der Waals surface area (Å²) in [5.41, 5.74) is 4.56. The second kappa shape index (κ2) is 7.90. The summed E-state index contributed by atoms with van der Waals surface area (Å²) in [6, 6.07) is 6.33. The minimum Gasteiger partial charge on any atom is -0.317 e. The Morgan fingerprint density at radius 2 is 2.00 bits per heavy atom. The Balaban J connectivity index is 0.00000192. The zero-order valence-corrected chi connectivity index (χ0v) is 15.0. The number of nitrogens with zero attached hydrogens (tertiary/aromatic N) is 1. The summed E-state index contributed by atoms with van der Waals surface area (Å²) in [5.74, 6) is 0.206. The summed E-state index contributed by atoms with van der Waals surface area (Å²) in [6.45, 7) is 6.05. The average Bonchev–Trinajstić information content (AvgIpc) is 2.99. The molecule has 0 spiro atoms. The molecule has 4 nitrogen and oxygen atoms in total. The molecule has 1 fully saturated rings. The second-order valence-electron chi connectivity index (χ2n) is 5.85. The number of aryl methyl sites for hydroxylation is 2. The third-order valence-electron chi connectivity index (χ3n) is 4.25. The van der Waals surface area contributed by atoms with Crippen molar-refractivity contribution in [2.75, 3.05) is 18.4 Å². The lowest BCUT2D eigenvalue weighted by molar-refractivity contribution is -0.120. The van der Waals surface area contributed by atoms with Gasteiger partial charge >= 0.3 is 0 Å². The van der Waals surface area contributed by atoms with Crippen LogP contribution in [0.25, 0.3) is 11.3 Å². The summed E-state index contributed by atoms with van der Waals surface area (Å²) in [4.78, 5) is 16.8. The van der Waals surface area contributed by atoms with E-state index >= 15 is 0 Å². The van der Waals surface area contributed by atoms with E-state index in [2.05, 4.69) is 47.7 Å². The minimum atomic E-state index is 0. The number of rotatable bonds is 3. The fraction of sp³-hybridized carbons (Fsp3) is 0.412. The Kier molecular flexibility index (Phi) is 6.16. The van der Waals surface area contributed by atoms with Gasteiger partial charge in [-0.3, -0.25) is 4.79 Å². The van der Waals surface area contributed by atoms with E-state index in [4.69, 9.17) is 0 Å². The Morgan fingerprint density at radius 1 is 1.26 bits per heavy atom. The van der Waals surface area contributed by atoms with Crippen molar-refractivity contribution in [2.45, 2.75) is 26.7 Å². The molecule has 1 aliphatic heterocycles. The Labute approximate surface area is 147 Å². The lowest BCUT2D eigenvalue weighted by Gasteiger charge is -2.20. The monoisotopic (exact) mass is 351 g/mol. The highest BCUT2D eigenvalue weighted by Gasteiger charge is 2.21. The van der Waals surface area contributed by atoms with Crippen LogP contribution in [-0.2, 0) is 4.79 Å². The van der Waals surface area contributed by atoms with E-state index < -0.39 is 0 Å². The van der Waals surface area contributed by atoms with Crippen LogP contribution in [0.3, 0.4) is 0 Å². The maximum absolute atomic E-state index is 12.2. The molecule has 2 aromatic rings. The molecule has 1 aliphatic rings. The predicted octanol–water partition coefficient (Wildman–Crippen LogP) is 3.79. The van der Waals surface area contributed by atoms with Crippen LogP contribution in [0.4, 0.5) is 5.13 Å². The molecule has 1 aromatic carbocycles. The van der Waals surface area contributed by atoms with Gasteiger partial charge in [0.25, 0.3) is 0 Å². The highest BCUT2D eigenvalue weighted by Crippen LogP contribution is 2.27. The Bertz CT molecular complexity index is 680. The van der Waals surface area contributed by atoms with Crippen molar-refractivity contribution in [3.05, 3.63) is 34.7 Å². The molecule has 2 heterocycles. The lowest BCUT2D eigenvalue weighted by atomic mass is 9.97. The molecular weight excluding hydrogens is 330 g/mol. The van der Waals surface area contributed by atoms with Crippen LogP contribution in [0.5, 0.6) is 0 Å². The van der Waals surface area contributed by atoms with Crippen LogP contribution in [0, 0.1) is 19.8 Å². The van der Waals surface area contributed by atoms with Crippen LogP contribution in [0.2, 0.25) is 0 Å². The van der Waals surface area contributed by atoms with Gasteiger partial charge in [0.05, 0.1) is 5.69 Å². The van der Waals surface area contributed by atoms with Crippen molar-refractivity contribution >= 4 is 34.8 Å². The van der Waals surface area contributed by atoms with Gasteiger partial charge in [0, 0.05) is 16.9 Å². The molecule has 0 saturated carbocycles. The largest absolute Gasteiger partial charge is 0.317 e. The standard InChI is InChI=1S/C17H21N3OS.ClH/c1-11-3-4-14(9-12(11)2)15-10-22-17(19-15)20-16(21)13-5-7-18-8-6-13;/h3-4,9-10,13,18H,5-8H2,1-2H3,(H,19,20,21);1H. The van der Waals surface area contributed by atoms with E-state index in [0.29, 0.717) is 5.13 Å². The maximum atomic E-state index is 12.2. The molecule has 0 bridgehead atoms. The van der Waals surface area contributed by atoms with Gasteiger partial charge in [-0.05, 0) is 57.0 Å². The number of carbonyl (C=O) groups excluding carboxylic acids is 1. The highest BCUT2D eigenvalue weighted by molar-refractivity contribution is 7.14. The third kappa shape index (κ3) is 4.31. The van der Waals surface area contributed by atoms with Crippen molar-refractivity contribution in [3.63, 3.8) is 0 Å². The molecule has 0 atom stereocenters. The number of benzene rings is 1. The fourth-order valence-electron chi connectivity index (χ4n) is 2.66. The molecule has 2 N–H and O–H groups in total. The van der Waals surface area contributed by atoms with Gasteiger partial charge in [-0.2, -0.15) is 0 Å². The van der Waals surface area contributed by atoms with Crippen LogP contribution in [0.1, 0.15) is 24.0 Å². The number of carbonyl (C=O) groups is 1. The molecule has 124 valence electrons. The topological polar surface area (TPSA) is 54.0 Å². The summed E-state index contributed by atoms with van der Waals surface area (Å²) in [6.07, 6.45) is 1.81. The second-order valence-corrected chi connectivity index (χ2v) is 6.71. The number of anilines is 1. The van der Waals surface area contributed by atoms with Crippen molar-refractivity contribution in [1.29, 1.82) is 0 Å². The Morgan fingerprint density at radius 3 is 2.70 bits per heavy atom. The van der Waals surface area contributed by atoms with Crippen molar-refractivity contribution in [3.8, 4) is 11.3 Å². The van der Waals surface area contributed by atoms with Crippen molar-refractivity contribution < 1.29 is 4.79 Å². The third-order valence-corrected chi connectivity index (χ3v) is 5.00. The summed E-state index contributed by atoms with van der Waals surface area (Å²) < 4.78 is 0. The zero-order valence-electron chi connectivity index (χ0n) is 13.4. The zero-order chi connectivity index (χ0) is 15.5. The molecule has 1 aromatic heterocycles. The quantitative estimate of drug-likeness (QED) is 0.884. The first-order valence-electron chi connectivity index (χ1n) is 7.68. The molecule has 23 heavy (non-hydrogen) atoms. The first kappa shape index (κ1) is 17.9. The van der Waals surface area contributed by atoms with Gasteiger partial charge in [0.2, 0.25) is 5.91 Å². The number of amides is 1. The normalized spacial score (nSPS) is 15.0. The van der Waals surface area contributed by atoms with Crippen molar-refractivity contribution in [2.24, 2.45) is 5.92 Å². The van der Waals surface area contributed by atoms with E-state index in [0.717, 1.165) is 37.2 Å². The van der Waals surface area contributed by atoms with Crippen LogP contribution in [0.15, 0.2) is 23.6 Å². The number of hydrogen-bond donors (Lipinski definition) is 2. The predicted molar refractivity (Wildman–Crippen MR) is 98.5 cm³/mol. The molecule has 1 saturated heterocycles. The maximum Gasteiger partial charge on any atom is 0.229 e. The van der Waals surface area contributed by atoms with Gasteiger partial charge in [0.15, 0.2) is 5.13 Å². The number of hydrogen-bond acceptors (Lipinski definition) is 4. The minimum absolute atomic E-state index is 0. The summed E-state index contributed by atoms with van der Waals surface area (Å²) in [5, 5.41) is 8.94. The van der Waals surface area contributed by atoms with Gasteiger partial charge in [-0.15, -0.1) is 23.7 Å². The summed E-state index contributed by atoms with van der Waals surface area (Å²) >= 11 is 1.49. The number of nitrogens with one attached hydrogen (secondary N) is 2.